The van der Waals surface area contributed by atoms with Gasteiger partial charge in [0, 0.05) is 18.8 Å². The van der Waals surface area contributed by atoms with E-state index in [-0.39, 0.29) is 11.8 Å². The molecule has 0 aliphatic carbocycles. The number of hydrogen-bond acceptors (Lipinski definition) is 3. The molecule has 150 valence electrons. The van der Waals surface area contributed by atoms with E-state index in [1.54, 1.807) is 23.6 Å². The summed E-state index contributed by atoms with van der Waals surface area (Å²) < 4.78 is 0. The normalized spacial score (nSPS) is 11.7. The number of amides is 2. The zero-order chi connectivity index (χ0) is 20.5. The van der Waals surface area contributed by atoms with Gasteiger partial charge in [-0.3, -0.25) is 9.59 Å². The second-order valence-corrected chi connectivity index (χ2v) is 8.05. The van der Waals surface area contributed by atoms with Crippen LogP contribution in [0.4, 0.5) is 0 Å². The van der Waals surface area contributed by atoms with Crippen molar-refractivity contribution in [1.29, 1.82) is 0 Å². The van der Waals surface area contributed by atoms with E-state index in [0.717, 1.165) is 16.9 Å². The Morgan fingerprint density at radius 2 is 1.64 bits per heavy atom. The van der Waals surface area contributed by atoms with E-state index >= 15 is 0 Å². The van der Waals surface area contributed by atoms with E-state index in [9.17, 15) is 9.59 Å². The Morgan fingerprint density at radius 1 is 1.04 bits per heavy atom. The molecule has 2 rings (SSSR count). The zero-order valence-corrected chi connectivity index (χ0v) is 18.0. The predicted molar refractivity (Wildman–Crippen MR) is 117 cm³/mol. The second kappa shape index (κ2) is 10.9. The Balaban J connectivity index is 2.05. The van der Waals surface area contributed by atoms with Crippen LogP contribution in [0.3, 0.4) is 0 Å². The topological polar surface area (TPSA) is 49.4 Å². The Labute approximate surface area is 172 Å². The van der Waals surface area contributed by atoms with Crippen LogP contribution in [0.2, 0.25) is 0 Å². The summed E-state index contributed by atoms with van der Waals surface area (Å²) in [5.74, 6) is 0.996. The highest BCUT2D eigenvalue weighted by Gasteiger charge is 2.25. The lowest BCUT2D eigenvalue weighted by Gasteiger charge is -2.28. The Bertz CT molecular complexity index is 807. The van der Waals surface area contributed by atoms with Gasteiger partial charge >= 0.3 is 0 Å². The lowest BCUT2D eigenvalue weighted by molar-refractivity contribution is -0.138. The van der Waals surface area contributed by atoms with Gasteiger partial charge in [-0.2, -0.15) is 0 Å². The number of hydrogen-bond donors (Lipinski definition) is 1. The first-order valence-corrected chi connectivity index (χ1v) is 10.8. The van der Waals surface area contributed by atoms with Crippen molar-refractivity contribution in [2.24, 2.45) is 0 Å². The molecule has 5 heteroatoms. The first-order valence-electron chi connectivity index (χ1n) is 9.66. The minimum atomic E-state index is -0.507. The van der Waals surface area contributed by atoms with Gasteiger partial charge in [-0.15, -0.1) is 11.8 Å². The molecule has 0 aliphatic heterocycles. The highest BCUT2D eigenvalue weighted by atomic mass is 32.2. The third kappa shape index (κ3) is 6.71. The molecule has 0 radical (unpaired) electrons. The van der Waals surface area contributed by atoms with E-state index in [2.05, 4.69) is 36.5 Å². The van der Waals surface area contributed by atoms with Crippen molar-refractivity contribution in [3.8, 4) is 0 Å². The summed E-state index contributed by atoms with van der Waals surface area (Å²) in [7, 11) is 0. The Hall–Kier alpha value is -2.27. The maximum Gasteiger partial charge on any atom is 0.242 e. The van der Waals surface area contributed by atoms with Crippen LogP contribution >= 0.6 is 11.8 Å². The van der Waals surface area contributed by atoms with Gasteiger partial charge in [-0.1, -0.05) is 59.7 Å². The number of thioether (sulfide) groups is 1. The van der Waals surface area contributed by atoms with Crippen molar-refractivity contribution in [3.05, 3.63) is 70.8 Å². The third-order valence-corrected chi connectivity index (χ3v) is 5.52. The number of likely N-dealkylation sites (N-methyl/N-ethyl adjacent to an activating group) is 1. The molecule has 0 spiro atoms. The van der Waals surface area contributed by atoms with Crippen LogP contribution in [-0.2, 0) is 21.9 Å². The lowest BCUT2D eigenvalue weighted by atomic mass is 10.1. The Kier molecular flexibility index (Phi) is 8.58. The lowest BCUT2D eigenvalue weighted by Crippen LogP contribution is -2.48. The fraction of sp³-hybridized carbons (Fsp3) is 0.391. The van der Waals surface area contributed by atoms with Gasteiger partial charge in [-0.25, -0.2) is 0 Å². The molecular formula is C23H30N2O2S. The maximum absolute atomic E-state index is 13.0. The monoisotopic (exact) mass is 398 g/mol. The van der Waals surface area contributed by atoms with Crippen molar-refractivity contribution in [1.82, 2.24) is 10.2 Å². The van der Waals surface area contributed by atoms with E-state index in [4.69, 9.17) is 0 Å². The largest absolute Gasteiger partial charge is 0.355 e. The second-order valence-electron chi connectivity index (χ2n) is 7.06. The molecule has 2 amide bonds. The molecule has 0 aromatic heterocycles. The number of carbonyl (C=O) groups excluding carboxylic acids is 2. The fourth-order valence-electron chi connectivity index (χ4n) is 3.05. The molecule has 2 aromatic rings. The molecule has 28 heavy (non-hydrogen) atoms. The van der Waals surface area contributed by atoms with Gasteiger partial charge in [0.25, 0.3) is 0 Å². The predicted octanol–water partition coefficient (Wildman–Crippen LogP) is 4.09. The summed E-state index contributed by atoms with van der Waals surface area (Å²) in [6, 6.07) is 15.9. The van der Waals surface area contributed by atoms with E-state index in [1.165, 1.54) is 11.1 Å². The average Bonchev–Trinajstić information content (AvgIpc) is 2.66. The fourth-order valence-corrected chi connectivity index (χ4v) is 3.91. The van der Waals surface area contributed by atoms with Gasteiger partial charge in [0.1, 0.15) is 6.04 Å². The van der Waals surface area contributed by atoms with E-state index < -0.39 is 6.04 Å². The van der Waals surface area contributed by atoms with Crippen molar-refractivity contribution >= 4 is 23.6 Å². The molecule has 1 atom stereocenters. The highest BCUT2D eigenvalue weighted by molar-refractivity contribution is 7.99. The third-order valence-electron chi connectivity index (χ3n) is 4.53. The summed E-state index contributed by atoms with van der Waals surface area (Å²) in [4.78, 5) is 27.0. The van der Waals surface area contributed by atoms with Gasteiger partial charge in [0.05, 0.1) is 5.75 Å². The van der Waals surface area contributed by atoms with Gasteiger partial charge in [0.15, 0.2) is 0 Å². The molecular weight excluding hydrogens is 368 g/mol. The van der Waals surface area contributed by atoms with Gasteiger partial charge in [-0.05, 0) is 38.8 Å². The zero-order valence-electron chi connectivity index (χ0n) is 17.2. The van der Waals surface area contributed by atoms with Crippen molar-refractivity contribution in [2.45, 2.75) is 46.0 Å². The van der Waals surface area contributed by atoms with E-state index in [1.807, 2.05) is 38.1 Å². The molecule has 0 unspecified atom stereocenters. The minimum absolute atomic E-state index is 0.0158. The van der Waals surface area contributed by atoms with Crippen LogP contribution in [0.1, 0.15) is 36.1 Å². The summed E-state index contributed by atoms with van der Waals surface area (Å²) in [5.41, 5.74) is 4.60. The number of rotatable bonds is 9. The quantitative estimate of drug-likeness (QED) is 0.692. The van der Waals surface area contributed by atoms with Crippen LogP contribution in [0, 0.1) is 13.8 Å². The van der Waals surface area contributed by atoms with Crippen LogP contribution < -0.4 is 5.32 Å². The first kappa shape index (κ1) is 22.0. The first-order chi connectivity index (χ1) is 13.4. The van der Waals surface area contributed by atoms with Gasteiger partial charge in [0.2, 0.25) is 11.8 Å². The van der Waals surface area contributed by atoms with Crippen LogP contribution in [-0.4, -0.2) is 35.1 Å². The van der Waals surface area contributed by atoms with Crippen LogP contribution in [0.15, 0.2) is 48.5 Å². The smallest absolute Gasteiger partial charge is 0.242 e. The van der Waals surface area contributed by atoms with Crippen LogP contribution in [0.5, 0.6) is 0 Å². The number of aryl methyl sites for hydroxylation is 2. The van der Waals surface area contributed by atoms with Crippen LogP contribution in [0.25, 0.3) is 0 Å². The van der Waals surface area contributed by atoms with Crippen molar-refractivity contribution in [2.75, 3.05) is 12.3 Å². The molecule has 0 saturated carbocycles. The van der Waals surface area contributed by atoms with Crippen molar-refractivity contribution in [3.63, 3.8) is 0 Å². The van der Waals surface area contributed by atoms with E-state index in [0.29, 0.717) is 18.8 Å². The molecule has 0 aliphatic rings. The summed E-state index contributed by atoms with van der Waals surface area (Å²) in [6.45, 7) is 8.76. The number of benzene rings is 2. The number of nitrogens with zero attached hydrogens (tertiary/aromatic N) is 1. The average molecular weight is 399 g/mol. The molecule has 0 fully saturated rings. The highest BCUT2D eigenvalue weighted by Crippen LogP contribution is 2.17. The standard InChI is InChI=1S/C23H30N2O2S/c1-5-24-23(27)19(4)25(14-20-10-6-8-17(2)12-20)22(26)16-28-15-21-11-7-9-18(3)13-21/h6-13,19H,5,14-16H2,1-4H3,(H,24,27)/t19-/m0/s1. The number of nitrogens with one attached hydrogen (secondary N) is 1. The summed E-state index contributed by atoms with van der Waals surface area (Å²) in [6.07, 6.45) is 0. The maximum atomic E-state index is 13.0. The molecule has 1 N–H and O–H groups in total. The molecule has 4 nitrogen and oxygen atoms in total. The SMILES string of the molecule is CCNC(=O)[C@H](C)N(Cc1cccc(C)c1)C(=O)CSCc1cccc(C)c1. The molecule has 0 heterocycles. The minimum Gasteiger partial charge on any atom is -0.355 e. The Morgan fingerprint density at radius 3 is 2.25 bits per heavy atom. The summed E-state index contributed by atoms with van der Waals surface area (Å²) in [5, 5.41) is 2.83. The molecule has 0 saturated heterocycles. The molecule has 2 aromatic carbocycles. The van der Waals surface area contributed by atoms with Crippen molar-refractivity contribution < 1.29 is 9.59 Å². The number of carbonyl (C=O) groups is 2. The van der Waals surface area contributed by atoms with Gasteiger partial charge < -0.3 is 10.2 Å². The molecule has 0 bridgehead atoms. The summed E-state index contributed by atoms with van der Waals surface area (Å²) >= 11 is 1.58.